The fourth-order valence-corrected chi connectivity index (χ4v) is 1.42. The van der Waals surface area contributed by atoms with E-state index in [9.17, 15) is 4.79 Å². The molecule has 0 unspecified atom stereocenters. The lowest BCUT2D eigenvalue weighted by Crippen LogP contribution is -2.23. The molecule has 0 saturated heterocycles. The Hall–Kier alpha value is -1.31. The van der Waals surface area contributed by atoms with Crippen LogP contribution in [0.25, 0.3) is 0 Å². The van der Waals surface area contributed by atoms with E-state index in [0.717, 1.165) is 6.42 Å². The molecule has 1 aromatic carbocycles. The Kier molecular flexibility index (Phi) is 3.69. The van der Waals surface area contributed by atoms with Gasteiger partial charge in [0.1, 0.15) is 0 Å². The first-order valence-electron chi connectivity index (χ1n) is 4.93. The van der Waals surface area contributed by atoms with Gasteiger partial charge in [-0.25, -0.2) is 0 Å². The molecule has 0 heterocycles. The minimum atomic E-state index is 0.107. The van der Waals surface area contributed by atoms with Gasteiger partial charge in [-0.2, -0.15) is 0 Å². The number of rotatable bonds is 3. The van der Waals surface area contributed by atoms with Crippen LogP contribution in [0.2, 0.25) is 0 Å². The quantitative estimate of drug-likeness (QED) is 0.717. The highest BCUT2D eigenvalue weighted by molar-refractivity contribution is 5.72. The minimum Gasteiger partial charge on any atom is -0.342 e. The number of nitrogens with zero attached hydrogens (tertiary/aromatic N) is 1. The molecule has 1 aromatic rings. The summed E-state index contributed by atoms with van der Waals surface area (Å²) in [7, 11) is 1.83. The summed E-state index contributed by atoms with van der Waals surface area (Å²) < 4.78 is 0. The number of hydrogen-bond donors (Lipinski definition) is 0. The SMILES string of the molecule is CCc1ccccc1CN(C)C(C)=O. The molecule has 0 bridgehead atoms. The van der Waals surface area contributed by atoms with Crippen molar-refractivity contribution in [3.63, 3.8) is 0 Å². The third-order valence-electron chi connectivity index (χ3n) is 2.44. The Labute approximate surface area is 85.5 Å². The van der Waals surface area contributed by atoms with Crippen LogP contribution in [-0.4, -0.2) is 17.9 Å². The smallest absolute Gasteiger partial charge is 0.219 e. The number of amides is 1. The molecule has 0 saturated carbocycles. The van der Waals surface area contributed by atoms with Gasteiger partial charge in [-0.3, -0.25) is 4.79 Å². The summed E-state index contributed by atoms with van der Waals surface area (Å²) in [6, 6.07) is 8.25. The highest BCUT2D eigenvalue weighted by Crippen LogP contribution is 2.11. The van der Waals surface area contributed by atoms with Gasteiger partial charge in [0.15, 0.2) is 0 Å². The van der Waals surface area contributed by atoms with E-state index in [0.29, 0.717) is 6.54 Å². The van der Waals surface area contributed by atoms with Crippen LogP contribution in [-0.2, 0) is 17.8 Å². The van der Waals surface area contributed by atoms with Gasteiger partial charge in [-0.05, 0) is 17.5 Å². The molecule has 0 spiro atoms. The highest BCUT2D eigenvalue weighted by Gasteiger charge is 2.05. The maximum atomic E-state index is 11.1. The van der Waals surface area contributed by atoms with Gasteiger partial charge in [-0.1, -0.05) is 31.2 Å². The van der Waals surface area contributed by atoms with Crippen molar-refractivity contribution in [2.24, 2.45) is 0 Å². The Morgan fingerprint density at radius 3 is 2.36 bits per heavy atom. The van der Waals surface area contributed by atoms with Gasteiger partial charge in [0, 0.05) is 20.5 Å². The first-order valence-corrected chi connectivity index (χ1v) is 4.93. The van der Waals surface area contributed by atoms with Crippen molar-refractivity contribution in [3.05, 3.63) is 35.4 Å². The third kappa shape index (κ3) is 2.59. The zero-order chi connectivity index (χ0) is 10.6. The summed E-state index contributed by atoms with van der Waals surface area (Å²) in [5.41, 5.74) is 2.56. The first kappa shape index (κ1) is 10.8. The molecule has 0 aliphatic heterocycles. The van der Waals surface area contributed by atoms with Gasteiger partial charge in [0.05, 0.1) is 0 Å². The van der Waals surface area contributed by atoms with Crippen LogP contribution in [0.4, 0.5) is 0 Å². The van der Waals surface area contributed by atoms with E-state index in [1.54, 1.807) is 11.8 Å². The summed E-state index contributed by atoms with van der Waals surface area (Å²) >= 11 is 0. The monoisotopic (exact) mass is 191 g/mol. The maximum Gasteiger partial charge on any atom is 0.219 e. The van der Waals surface area contributed by atoms with Crippen LogP contribution in [0.1, 0.15) is 25.0 Å². The van der Waals surface area contributed by atoms with Gasteiger partial charge in [0.25, 0.3) is 0 Å². The van der Waals surface area contributed by atoms with Gasteiger partial charge in [-0.15, -0.1) is 0 Å². The van der Waals surface area contributed by atoms with E-state index in [-0.39, 0.29) is 5.91 Å². The van der Waals surface area contributed by atoms with Crippen LogP contribution in [0.3, 0.4) is 0 Å². The van der Waals surface area contributed by atoms with Gasteiger partial charge >= 0.3 is 0 Å². The van der Waals surface area contributed by atoms with Crippen molar-refractivity contribution >= 4 is 5.91 Å². The molecule has 0 atom stereocenters. The molecule has 0 aromatic heterocycles. The first-order chi connectivity index (χ1) is 6.65. The van der Waals surface area contributed by atoms with Crippen LogP contribution < -0.4 is 0 Å². The number of aryl methyl sites for hydroxylation is 1. The largest absolute Gasteiger partial charge is 0.342 e. The average molecular weight is 191 g/mol. The lowest BCUT2D eigenvalue weighted by Gasteiger charge is -2.16. The zero-order valence-electron chi connectivity index (χ0n) is 9.08. The van der Waals surface area contributed by atoms with Crippen LogP contribution in [0.15, 0.2) is 24.3 Å². The van der Waals surface area contributed by atoms with Crippen LogP contribution >= 0.6 is 0 Å². The maximum absolute atomic E-state index is 11.1. The van der Waals surface area contributed by atoms with Crippen molar-refractivity contribution in [2.75, 3.05) is 7.05 Å². The van der Waals surface area contributed by atoms with Gasteiger partial charge < -0.3 is 4.90 Å². The van der Waals surface area contributed by atoms with E-state index >= 15 is 0 Å². The fourth-order valence-electron chi connectivity index (χ4n) is 1.42. The predicted molar refractivity (Wildman–Crippen MR) is 58.0 cm³/mol. The Balaban J connectivity index is 2.80. The fraction of sp³-hybridized carbons (Fsp3) is 0.417. The summed E-state index contributed by atoms with van der Waals surface area (Å²) in [6.07, 6.45) is 1.02. The Bertz CT molecular complexity index is 320. The van der Waals surface area contributed by atoms with Crippen molar-refractivity contribution in [1.29, 1.82) is 0 Å². The van der Waals surface area contributed by atoms with E-state index in [4.69, 9.17) is 0 Å². The molecule has 2 heteroatoms. The number of carbonyl (C=O) groups is 1. The Morgan fingerprint density at radius 2 is 1.86 bits per heavy atom. The third-order valence-corrected chi connectivity index (χ3v) is 2.44. The number of hydrogen-bond acceptors (Lipinski definition) is 1. The summed E-state index contributed by atoms with van der Waals surface area (Å²) in [5.74, 6) is 0.107. The topological polar surface area (TPSA) is 20.3 Å². The number of carbonyl (C=O) groups excluding carboxylic acids is 1. The van der Waals surface area contributed by atoms with Crippen molar-refractivity contribution < 1.29 is 4.79 Å². The van der Waals surface area contributed by atoms with E-state index in [1.165, 1.54) is 11.1 Å². The molecule has 76 valence electrons. The second kappa shape index (κ2) is 4.80. The number of benzene rings is 1. The van der Waals surface area contributed by atoms with Crippen LogP contribution in [0.5, 0.6) is 0 Å². The van der Waals surface area contributed by atoms with E-state index in [1.807, 2.05) is 19.2 Å². The minimum absolute atomic E-state index is 0.107. The molecule has 2 nitrogen and oxygen atoms in total. The van der Waals surface area contributed by atoms with E-state index in [2.05, 4.69) is 19.1 Å². The molecule has 1 amide bonds. The second-order valence-corrected chi connectivity index (χ2v) is 3.50. The predicted octanol–water partition coefficient (Wildman–Crippen LogP) is 2.23. The standard InChI is InChI=1S/C12H17NO/c1-4-11-7-5-6-8-12(11)9-13(3)10(2)14/h5-8H,4,9H2,1-3H3. The summed E-state index contributed by atoms with van der Waals surface area (Å²) in [4.78, 5) is 12.8. The summed E-state index contributed by atoms with van der Waals surface area (Å²) in [5, 5.41) is 0. The summed E-state index contributed by atoms with van der Waals surface area (Å²) in [6.45, 7) is 4.43. The van der Waals surface area contributed by atoms with Crippen molar-refractivity contribution in [2.45, 2.75) is 26.8 Å². The lowest BCUT2D eigenvalue weighted by molar-refractivity contribution is -0.128. The molecule has 0 aliphatic carbocycles. The molecular weight excluding hydrogens is 174 g/mol. The van der Waals surface area contributed by atoms with E-state index < -0.39 is 0 Å². The molecule has 0 radical (unpaired) electrons. The van der Waals surface area contributed by atoms with Gasteiger partial charge in [0.2, 0.25) is 5.91 Å². The molecule has 0 aliphatic rings. The highest BCUT2D eigenvalue weighted by atomic mass is 16.2. The molecule has 1 rings (SSSR count). The zero-order valence-corrected chi connectivity index (χ0v) is 9.08. The second-order valence-electron chi connectivity index (χ2n) is 3.50. The molecule has 14 heavy (non-hydrogen) atoms. The average Bonchev–Trinajstić information content (AvgIpc) is 2.18. The van der Waals surface area contributed by atoms with Crippen molar-refractivity contribution in [1.82, 2.24) is 4.90 Å². The molecular formula is C12H17NO. The van der Waals surface area contributed by atoms with Crippen LogP contribution in [0, 0.1) is 0 Å². The Morgan fingerprint density at radius 1 is 1.29 bits per heavy atom. The lowest BCUT2D eigenvalue weighted by atomic mass is 10.1. The normalized spacial score (nSPS) is 9.93. The van der Waals surface area contributed by atoms with Crippen molar-refractivity contribution in [3.8, 4) is 0 Å². The molecule has 0 N–H and O–H groups in total. The molecule has 0 fully saturated rings.